The number of amides is 1. The zero-order valence-electron chi connectivity index (χ0n) is 9.67. The first-order valence-corrected chi connectivity index (χ1v) is 5.94. The second kappa shape index (κ2) is 6.49. The number of nitrogens with one attached hydrogen (secondary N) is 1. The molecule has 0 heterocycles. The number of ether oxygens (including phenoxy) is 1. The predicted molar refractivity (Wildman–Crippen MR) is 67.4 cm³/mol. The van der Waals surface area contributed by atoms with E-state index in [2.05, 4.69) is 27.8 Å². The molecule has 1 aromatic carbocycles. The molecule has 1 N–H and O–H groups in total. The lowest BCUT2D eigenvalue weighted by Gasteiger charge is -2.15. The third-order valence-corrected chi connectivity index (χ3v) is 2.51. The summed E-state index contributed by atoms with van der Waals surface area (Å²) in [4.78, 5) is 11.5. The average molecular weight is 320 g/mol. The summed E-state index contributed by atoms with van der Waals surface area (Å²) in [5.74, 6) is -2.92. The van der Waals surface area contributed by atoms with E-state index in [1.165, 1.54) is 19.1 Å². The van der Waals surface area contributed by atoms with E-state index < -0.39 is 23.6 Å². The van der Waals surface area contributed by atoms with Crippen molar-refractivity contribution in [1.29, 1.82) is 0 Å². The van der Waals surface area contributed by atoms with Gasteiger partial charge in [-0.25, -0.2) is 4.39 Å². The quantitative estimate of drug-likeness (QED) is 0.669. The minimum Gasteiger partial charge on any atom is -0.478 e. The summed E-state index contributed by atoms with van der Waals surface area (Å²) in [5, 5.41) is 2.49. The lowest BCUT2D eigenvalue weighted by Crippen LogP contribution is -2.36. The van der Waals surface area contributed by atoms with E-state index in [-0.39, 0.29) is 12.3 Å². The van der Waals surface area contributed by atoms with Gasteiger partial charge in [0, 0.05) is 11.0 Å². The molecule has 1 unspecified atom stereocenters. The highest BCUT2D eigenvalue weighted by atomic mass is 79.9. The van der Waals surface area contributed by atoms with Crippen LogP contribution >= 0.6 is 15.9 Å². The lowest BCUT2D eigenvalue weighted by molar-refractivity contribution is -0.127. The Balaban J connectivity index is 2.78. The minimum atomic E-state index is -1.12. The van der Waals surface area contributed by atoms with Gasteiger partial charge in [0.05, 0.1) is 0 Å². The number of hydrogen-bond acceptors (Lipinski definition) is 2. The molecular formula is C12H12BrF2NO2. The largest absolute Gasteiger partial charge is 0.478 e. The Morgan fingerprint density at radius 1 is 1.61 bits per heavy atom. The van der Waals surface area contributed by atoms with Gasteiger partial charge in [0.15, 0.2) is 17.7 Å². The standard InChI is InChI=1S/C12H12BrF2NO2/c1-3-4-16-12(17)7(2)18-10-6-8(13)5-9(14)11(10)15/h3,5-7H,1,4H2,2H3,(H,16,17). The van der Waals surface area contributed by atoms with Gasteiger partial charge in [-0.05, 0) is 19.1 Å². The SMILES string of the molecule is C=CCNC(=O)C(C)Oc1cc(Br)cc(F)c1F. The van der Waals surface area contributed by atoms with E-state index in [0.29, 0.717) is 4.47 Å². The average Bonchev–Trinajstić information content (AvgIpc) is 2.32. The fraction of sp³-hybridized carbons (Fsp3) is 0.250. The van der Waals surface area contributed by atoms with E-state index in [1.807, 2.05) is 0 Å². The molecule has 0 bridgehead atoms. The summed E-state index contributed by atoms with van der Waals surface area (Å²) in [7, 11) is 0. The van der Waals surface area contributed by atoms with Crippen LogP contribution in [0.15, 0.2) is 29.3 Å². The van der Waals surface area contributed by atoms with Crippen LogP contribution in [-0.2, 0) is 4.79 Å². The summed E-state index contributed by atoms with van der Waals surface area (Å²) in [5.41, 5.74) is 0. The van der Waals surface area contributed by atoms with Gasteiger partial charge in [0.2, 0.25) is 5.82 Å². The Labute approximate surface area is 112 Å². The molecule has 0 aliphatic heterocycles. The molecule has 0 aliphatic carbocycles. The molecule has 0 fully saturated rings. The topological polar surface area (TPSA) is 38.3 Å². The first-order valence-electron chi connectivity index (χ1n) is 5.15. The maximum atomic E-state index is 13.4. The zero-order valence-corrected chi connectivity index (χ0v) is 11.3. The molecule has 0 radical (unpaired) electrons. The van der Waals surface area contributed by atoms with Gasteiger partial charge < -0.3 is 10.1 Å². The number of halogens is 3. The monoisotopic (exact) mass is 319 g/mol. The summed E-state index contributed by atoms with van der Waals surface area (Å²) < 4.78 is 31.9. The molecule has 0 aliphatic rings. The molecule has 18 heavy (non-hydrogen) atoms. The van der Waals surface area contributed by atoms with Crippen LogP contribution in [0.1, 0.15) is 6.92 Å². The fourth-order valence-electron chi connectivity index (χ4n) is 1.18. The second-order valence-electron chi connectivity index (χ2n) is 3.49. The van der Waals surface area contributed by atoms with Crippen molar-refractivity contribution < 1.29 is 18.3 Å². The zero-order chi connectivity index (χ0) is 13.7. The minimum absolute atomic E-state index is 0.280. The molecule has 0 saturated heterocycles. The molecule has 1 atom stereocenters. The molecule has 1 aromatic rings. The predicted octanol–water partition coefficient (Wildman–Crippen LogP) is 2.80. The molecule has 6 heteroatoms. The van der Waals surface area contributed by atoms with Crippen LogP contribution < -0.4 is 10.1 Å². The summed E-state index contributed by atoms with van der Waals surface area (Å²) in [6, 6.07) is 2.24. The van der Waals surface area contributed by atoms with Crippen molar-refractivity contribution in [3.8, 4) is 5.75 Å². The smallest absolute Gasteiger partial charge is 0.261 e. The lowest BCUT2D eigenvalue weighted by atomic mass is 10.3. The normalized spacial score (nSPS) is 11.8. The van der Waals surface area contributed by atoms with Gasteiger partial charge in [-0.1, -0.05) is 22.0 Å². The Morgan fingerprint density at radius 2 is 2.28 bits per heavy atom. The second-order valence-corrected chi connectivity index (χ2v) is 4.41. The summed E-state index contributed by atoms with van der Waals surface area (Å²) in [6.45, 7) is 5.16. The van der Waals surface area contributed by atoms with Crippen LogP contribution in [-0.4, -0.2) is 18.6 Å². The van der Waals surface area contributed by atoms with Gasteiger partial charge in [-0.15, -0.1) is 6.58 Å². The number of benzene rings is 1. The van der Waals surface area contributed by atoms with Gasteiger partial charge in [0.1, 0.15) is 0 Å². The van der Waals surface area contributed by atoms with Crippen molar-refractivity contribution in [3.05, 3.63) is 40.9 Å². The van der Waals surface area contributed by atoms with Crippen molar-refractivity contribution in [2.45, 2.75) is 13.0 Å². The number of rotatable bonds is 5. The van der Waals surface area contributed by atoms with Crippen molar-refractivity contribution >= 4 is 21.8 Å². The van der Waals surface area contributed by atoms with E-state index in [0.717, 1.165) is 6.07 Å². The van der Waals surface area contributed by atoms with Crippen LogP contribution in [0.2, 0.25) is 0 Å². The Morgan fingerprint density at radius 3 is 2.89 bits per heavy atom. The molecule has 1 amide bonds. The Bertz CT molecular complexity index is 466. The maximum Gasteiger partial charge on any atom is 0.261 e. The van der Waals surface area contributed by atoms with Gasteiger partial charge in [-0.2, -0.15) is 4.39 Å². The van der Waals surface area contributed by atoms with Crippen LogP contribution in [0, 0.1) is 11.6 Å². The van der Waals surface area contributed by atoms with Crippen molar-refractivity contribution in [2.24, 2.45) is 0 Å². The highest BCUT2D eigenvalue weighted by molar-refractivity contribution is 9.10. The van der Waals surface area contributed by atoms with Gasteiger partial charge in [-0.3, -0.25) is 4.79 Å². The van der Waals surface area contributed by atoms with Crippen LogP contribution in [0.5, 0.6) is 5.75 Å². The van der Waals surface area contributed by atoms with Crippen LogP contribution in [0.25, 0.3) is 0 Å². The summed E-state index contributed by atoms with van der Waals surface area (Å²) >= 11 is 3.02. The van der Waals surface area contributed by atoms with E-state index in [1.54, 1.807) is 0 Å². The molecule has 0 aromatic heterocycles. The molecular weight excluding hydrogens is 308 g/mol. The molecule has 98 valence electrons. The van der Waals surface area contributed by atoms with E-state index in [4.69, 9.17) is 4.74 Å². The fourth-order valence-corrected chi connectivity index (χ4v) is 1.59. The van der Waals surface area contributed by atoms with Crippen molar-refractivity contribution in [2.75, 3.05) is 6.54 Å². The third-order valence-electron chi connectivity index (χ3n) is 2.05. The number of carbonyl (C=O) groups is 1. The first-order chi connectivity index (χ1) is 8.45. The van der Waals surface area contributed by atoms with Crippen LogP contribution in [0.3, 0.4) is 0 Å². The molecule has 1 rings (SSSR count). The van der Waals surface area contributed by atoms with Crippen LogP contribution in [0.4, 0.5) is 8.78 Å². The van der Waals surface area contributed by atoms with Crippen molar-refractivity contribution in [3.63, 3.8) is 0 Å². The van der Waals surface area contributed by atoms with Gasteiger partial charge in [0.25, 0.3) is 5.91 Å². The first kappa shape index (κ1) is 14.6. The molecule has 0 spiro atoms. The van der Waals surface area contributed by atoms with Gasteiger partial charge >= 0.3 is 0 Å². The highest BCUT2D eigenvalue weighted by Crippen LogP contribution is 2.26. The summed E-state index contributed by atoms with van der Waals surface area (Å²) in [6.07, 6.45) is 0.567. The maximum absolute atomic E-state index is 13.4. The Kier molecular flexibility index (Phi) is 5.27. The third kappa shape index (κ3) is 3.80. The molecule has 3 nitrogen and oxygen atoms in total. The van der Waals surface area contributed by atoms with Crippen molar-refractivity contribution in [1.82, 2.24) is 5.32 Å². The molecule has 0 saturated carbocycles. The van der Waals surface area contributed by atoms with E-state index >= 15 is 0 Å². The Hall–Kier alpha value is -1.43. The number of carbonyl (C=O) groups excluding carboxylic acids is 1. The van der Waals surface area contributed by atoms with E-state index in [9.17, 15) is 13.6 Å². The number of hydrogen-bond donors (Lipinski definition) is 1. The highest BCUT2D eigenvalue weighted by Gasteiger charge is 2.18.